The van der Waals surface area contributed by atoms with Crippen LogP contribution in [0.25, 0.3) is 0 Å². The van der Waals surface area contributed by atoms with Crippen LogP contribution in [0.1, 0.15) is 5.56 Å². The molecule has 0 unspecified atom stereocenters. The molecule has 1 nitrogen and oxygen atoms in total. The van der Waals surface area contributed by atoms with Gasteiger partial charge in [-0.1, -0.05) is 30.0 Å². The van der Waals surface area contributed by atoms with Crippen molar-refractivity contribution >= 4 is 0 Å². The van der Waals surface area contributed by atoms with Crippen molar-refractivity contribution in [1.29, 1.82) is 0 Å². The van der Waals surface area contributed by atoms with Crippen molar-refractivity contribution in [3.63, 3.8) is 0 Å². The van der Waals surface area contributed by atoms with Crippen LogP contribution in [0.15, 0.2) is 30.3 Å². The minimum Gasteiger partial charge on any atom is -0.359 e. The fourth-order valence-corrected chi connectivity index (χ4v) is 0.817. The Kier molecular flexibility index (Phi) is 1.63. The van der Waals surface area contributed by atoms with E-state index < -0.39 is 0 Å². The first-order chi connectivity index (χ1) is 5.45. The summed E-state index contributed by atoms with van der Waals surface area (Å²) >= 11 is 0. The van der Waals surface area contributed by atoms with E-state index in [1.807, 2.05) is 30.3 Å². The second kappa shape index (κ2) is 2.77. The first kappa shape index (κ1) is 6.45. The van der Waals surface area contributed by atoms with Crippen LogP contribution in [0.5, 0.6) is 0 Å². The quantitative estimate of drug-likeness (QED) is 0.396. The number of rotatable bonds is 0. The van der Waals surface area contributed by atoms with Gasteiger partial charge in [-0.2, -0.15) is 0 Å². The van der Waals surface area contributed by atoms with Crippen LogP contribution < -0.4 is 0 Å². The molecule has 0 spiro atoms. The molecule has 1 atom stereocenters. The van der Waals surface area contributed by atoms with Gasteiger partial charge in [0.2, 0.25) is 0 Å². The van der Waals surface area contributed by atoms with Gasteiger partial charge >= 0.3 is 0 Å². The van der Waals surface area contributed by atoms with Crippen LogP contribution in [-0.4, -0.2) is 12.7 Å². The summed E-state index contributed by atoms with van der Waals surface area (Å²) in [5.41, 5.74) is 1.06. The van der Waals surface area contributed by atoms with Crippen molar-refractivity contribution in [2.75, 3.05) is 6.61 Å². The molecule has 0 bridgehead atoms. The third kappa shape index (κ3) is 1.83. The molecule has 0 aliphatic carbocycles. The Morgan fingerprint density at radius 2 is 2.00 bits per heavy atom. The molecule has 54 valence electrons. The molecular formula is C10H8O. The van der Waals surface area contributed by atoms with Gasteiger partial charge in [0.05, 0.1) is 6.61 Å². The molecule has 2 rings (SSSR count). The Labute approximate surface area is 66.0 Å². The zero-order valence-electron chi connectivity index (χ0n) is 6.08. The largest absolute Gasteiger partial charge is 0.359 e. The van der Waals surface area contributed by atoms with Crippen LogP contribution in [0.3, 0.4) is 0 Å². The van der Waals surface area contributed by atoms with Crippen molar-refractivity contribution in [3.8, 4) is 11.8 Å². The van der Waals surface area contributed by atoms with E-state index in [0.29, 0.717) is 0 Å². The zero-order valence-corrected chi connectivity index (χ0v) is 6.08. The summed E-state index contributed by atoms with van der Waals surface area (Å²) < 4.78 is 4.96. The summed E-state index contributed by atoms with van der Waals surface area (Å²) in [6, 6.07) is 9.94. The van der Waals surface area contributed by atoms with E-state index in [0.717, 1.165) is 12.2 Å². The van der Waals surface area contributed by atoms with E-state index in [9.17, 15) is 0 Å². The number of hydrogen-bond acceptors (Lipinski definition) is 1. The number of ether oxygens (including phenoxy) is 1. The summed E-state index contributed by atoms with van der Waals surface area (Å²) in [6.07, 6.45) is 0.204. The lowest BCUT2D eigenvalue weighted by Crippen LogP contribution is -1.76. The molecule has 0 N–H and O–H groups in total. The molecule has 11 heavy (non-hydrogen) atoms. The molecule has 1 saturated heterocycles. The molecule has 1 heterocycles. The standard InChI is InChI=1S/C10H8O/c1-2-4-9(5-3-1)6-7-10-8-11-10/h1-5,10H,8H2/t10-/m1/s1. The highest BCUT2D eigenvalue weighted by Gasteiger charge is 2.18. The highest BCUT2D eigenvalue weighted by atomic mass is 16.6. The second-order valence-corrected chi connectivity index (χ2v) is 2.46. The van der Waals surface area contributed by atoms with Gasteiger partial charge in [-0.25, -0.2) is 0 Å². The number of epoxide rings is 1. The van der Waals surface area contributed by atoms with Crippen LogP contribution >= 0.6 is 0 Å². The van der Waals surface area contributed by atoms with Crippen molar-refractivity contribution in [2.45, 2.75) is 6.10 Å². The highest BCUT2D eigenvalue weighted by Crippen LogP contribution is 2.06. The Bertz CT molecular complexity index is 288. The molecule has 1 fully saturated rings. The van der Waals surface area contributed by atoms with E-state index in [2.05, 4.69) is 11.8 Å². The topological polar surface area (TPSA) is 12.5 Å². The average Bonchev–Trinajstić information content (AvgIpc) is 2.86. The highest BCUT2D eigenvalue weighted by molar-refractivity contribution is 5.35. The zero-order chi connectivity index (χ0) is 7.52. The Hall–Kier alpha value is -1.26. The molecular weight excluding hydrogens is 136 g/mol. The Morgan fingerprint density at radius 1 is 1.27 bits per heavy atom. The van der Waals surface area contributed by atoms with Crippen LogP contribution in [0.2, 0.25) is 0 Å². The fourth-order valence-electron chi connectivity index (χ4n) is 0.817. The summed E-state index contributed by atoms with van der Waals surface area (Å²) in [7, 11) is 0. The molecule has 1 aromatic rings. The molecule has 0 amide bonds. The van der Waals surface area contributed by atoms with Crippen LogP contribution in [0, 0.1) is 11.8 Å². The van der Waals surface area contributed by atoms with Gasteiger partial charge in [0.15, 0.2) is 0 Å². The van der Waals surface area contributed by atoms with Crippen molar-refractivity contribution in [3.05, 3.63) is 35.9 Å². The Morgan fingerprint density at radius 3 is 2.64 bits per heavy atom. The molecule has 1 aliphatic heterocycles. The first-order valence-corrected chi connectivity index (χ1v) is 3.63. The first-order valence-electron chi connectivity index (χ1n) is 3.63. The molecule has 0 aromatic heterocycles. The van der Waals surface area contributed by atoms with Gasteiger partial charge < -0.3 is 4.74 Å². The van der Waals surface area contributed by atoms with Gasteiger partial charge in [-0.15, -0.1) is 0 Å². The van der Waals surface area contributed by atoms with E-state index in [1.165, 1.54) is 0 Å². The van der Waals surface area contributed by atoms with E-state index in [4.69, 9.17) is 4.74 Å². The minimum atomic E-state index is 0.204. The third-order valence-corrected chi connectivity index (χ3v) is 1.48. The molecule has 1 aromatic carbocycles. The van der Waals surface area contributed by atoms with Gasteiger partial charge in [-0.3, -0.25) is 0 Å². The van der Waals surface area contributed by atoms with E-state index in [-0.39, 0.29) is 6.10 Å². The maximum absolute atomic E-state index is 4.96. The predicted octanol–water partition coefficient (Wildman–Crippen LogP) is 1.44. The lowest BCUT2D eigenvalue weighted by Gasteiger charge is -1.84. The smallest absolute Gasteiger partial charge is 0.142 e. The maximum Gasteiger partial charge on any atom is 0.142 e. The molecule has 1 aliphatic rings. The SMILES string of the molecule is C(#C[C@@H]1CO1)c1ccccc1. The van der Waals surface area contributed by atoms with E-state index in [1.54, 1.807) is 0 Å². The van der Waals surface area contributed by atoms with Gasteiger partial charge in [-0.05, 0) is 12.1 Å². The average molecular weight is 144 g/mol. The summed E-state index contributed by atoms with van der Waals surface area (Å²) in [4.78, 5) is 0. The summed E-state index contributed by atoms with van der Waals surface area (Å²) in [6.45, 7) is 0.805. The van der Waals surface area contributed by atoms with Gasteiger partial charge in [0, 0.05) is 5.56 Å². The van der Waals surface area contributed by atoms with E-state index >= 15 is 0 Å². The molecule has 1 heteroatoms. The molecule has 0 radical (unpaired) electrons. The van der Waals surface area contributed by atoms with Crippen LogP contribution in [-0.2, 0) is 4.74 Å². The lowest BCUT2D eigenvalue weighted by molar-refractivity contribution is 0.445. The van der Waals surface area contributed by atoms with Gasteiger partial charge in [0.25, 0.3) is 0 Å². The summed E-state index contributed by atoms with van der Waals surface area (Å²) in [5, 5.41) is 0. The third-order valence-electron chi connectivity index (χ3n) is 1.48. The lowest BCUT2D eigenvalue weighted by atomic mass is 10.2. The van der Waals surface area contributed by atoms with Crippen molar-refractivity contribution in [1.82, 2.24) is 0 Å². The molecule has 0 saturated carbocycles. The van der Waals surface area contributed by atoms with Crippen LogP contribution in [0.4, 0.5) is 0 Å². The predicted molar refractivity (Wildman–Crippen MR) is 43.1 cm³/mol. The second-order valence-electron chi connectivity index (χ2n) is 2.46. The maximum atomic E-state index is 4.96. The minimum absolute atomic E-state index is 0.204. The van der Waals surface area contributed by atoms with Crippen molar-refractivity contribution in [2.24, 2.45) is 0 Å². The number of benzene rings is 1. The fraction of sp³-hybridized carbons (Fsp3) is 0.200. The monoisotopic (exact) mass is 144 g/mol. The Balaban J connectivity index is 2.12. The normalized spacial score (nSPS) is 20.2. The summed E-state index contributed by atoms with van der Waals surface area (Å²) in [5.74, 6) is 6.03. The number of hydrogen-bond donors (Lipinski definition) is 0. The van der Waals surface area contributed by atoms with Crippen molar-refractivity contribution < 1.29 is 4.74 Å². The van der Waals surface area contributed by atoms with Gasteiger partial charge in [0.1, 0.15) is 6.10 Å².